The fourth-order valence-electron chi connectivity index (χ4n) is 4.62. The van der Waals surface area contributed by atoms with Gasteiger partial charge in [0.1, 0.15) is 9.88 Å². The first-order valence-electron chi connectivity index (χ1n) is 11.0. The number of carbonyl (C=O) groups is 2. The van der Waals surface area contributed by atoms with Gasteiger partial charge in [-0.15, -0.1) is 22.7 Å². The van der Waals surface area contributed by atoms with Gasteiger partial charge in [0.15, 0.2) is 9.84 Å². The molecule has 1 fully saturated rings. The van der Waals surface area contributed by atoms with E-state index in [1.807, 2.05) is 6.07 Å². The van der Waals surface area contributed by atoms with E-state index < -0.39 is 21.8 Å². The Morgan fingerprint density at radius 1 is 1.12 bits per heavy atom. The van der Waals surface area contributed by atoms with Gasteiger partial charge in [-0.05, 0) is 49.3 Å². The molecule has 2 aromatic heterocycles. The topological polar surface area (TPSA) is 92.3 Å². The molecule has 3 heterocycles. The molecule has 5 rings (SSSR count). The summed E-state index contributed by atoms with van der Waals surface area (Å²) in [6.45, 7) is 2.17. The van der Waals surface area contributed by atoms with Crippen molar-refractivity contribution in [1.29, 1.82) is 0 Å². The Hall–Kier alpha value is -1.65. The summed E-state index contributed by atoms with van der Waals surface area (Å²) in [5.74, 6) is -0.221. The van der Waals surface area contributed by atoms with Gasteiger partial charge in [0.05, 0.1) is 27.1 Å². The Labute approximate surface area is 215 Å². The zero-order valence-corrected chi connectivity index (χ0v) is 22.2. The van der Waals surface area contributed by atoms with Gasteiger partial charge >= 0.3 is 0 Å². The Morgan fingerprint density at radius 3 is 2.62 bits per heavy atom. The van der Waals surface area contributed by atoms with E-state index in [9.17, 15) is 18.0 Å². The number of thiophene rings is 2. The van der Waals surface area contributed by atoms with Gasteiger partial charge in [0.2, 0.25) is 0 Å². The molecule has 34 heavy (non-hydrogen) atoms. The van der Waals surface area contributed by atoms with E-state index in [1.165, 1.54) is 22.7 Å². The molecule has 1 aliphatic heterocycles. The number of hydrogen-bond acceptors (Lipinski definition) is 6. The first kappa shape index (κ1) is 24.1. The second kappa shape index (κ2) is 9.09. The van der Waals surface area contributed by atoms with Crippen LogP contribution in [0.1, 0.15) is 50.2 Å². The van der Waals surface area contributed by atoms with Crippen LogP contribution in [0.5, 0.6) is 0 Å². The SMILES string of the molecule is CC1CCc2c(sc(NC(=O)c3sc4cccc(Cl)c4c3Cl)c2C(=O)NC2CCS(=O)(=O)C2)C1. The number of rotatable bonds is 4. The minimum atomic E-state index is -3.13. The molecule has 2 aliphatic rings. The molecule has 1 aromatic carbocycles. The van der Waals surface area contributed by atoms with E-state index in [0.717, 1.165) is 34.4 Å². The van der Waals surface area contributed by atoms with Crippen LogP contribution in [0.4, 0.5) is 5.00 Å². The van der Waals surface area contributed by atoms with Gasteiger partial charge in [-0.2, -0.15) is 0 Å². The van der Waals surface area contributed by atoms with E-state index in [2.05, 4.69) is 17.6 Å². The maximum Gasteiger partial charge on any atom is 0.267 e. The highest BCUT2D eigenvalue weighted by molar-refractivity contribution is 7.91. The van der Waals surface area contributed by atoms with Crippen molar-refractivity contribution >= 4 is 82.6 Å². The summed E-state index contributed by atoms with van der Waals surface area (Å²) in [5, 5.41) is 7.70. The van der Waals surface area contributed by atoms with Crippen molar-refractivity contribution in [2.75, 3.05) is 16.8 Å². The average Bonchev–Trinajstić information content (AvgIpc) is 3.40. The van der Waals surface area contributed by atoms with E-state index in [0.29, 0.717) is 43.2 Å². The lowest BCUT2D eigenvalue weighted by atomic mass is 9.88. The van der Waals surface area contributed by atoms with Gasteiger partial charge in [0, 0.05) is 21.0 Å². The van der Waals surface area contributed by atoms with Crippen LogP contribution >= 0.6 is 45.9 Å². The minimum Gasteiger partial charge on any atom is -0.348 e. The molecule has 0 radical (unpaired) electrons. The monoisotopic (exact) mass is 556 g/mol. The predicted molar refractivity (Wildman–Crippen MR) is 140 cm³/mol. The molecule has 180 valence electrons. The summed E-state index contributed by atoms with van der Waals surface area (Å²) in [5.41, 5.74) is 1.39. The first-order valence-corrected chi connectivity index (χ1v) is 15.2. The van der Waals surface area contributed by atoms with Gasteiger partial charge in [-0.1, -0.05) is 36.2 Å². The largest absolute Gasteiger partial charge is 0.348 e. The van der Waals surface area contributed by atoms with Gasteiger partial charge in [-0.25, -0.2) is 8.42 Å². The van der Waals surface area contributed by atoms with Crippen LogP contribution in [0.3, 0.4) is 0 Å². The molecular weight excluding hydrogens is 535 g/mol. The second-order valence-electron chi connectivity index (χ2n) is 8.94. The second-order valence-corrected chi connectivity index (χ2v) is 14.1. The van der Waals surface area contributed by atoms with Crippen LogP contribution in [-0.4, -0.2) is 37.8 Å². The summed E-state index contributed by atoms with van der Waals surface area (Å²) in [6.07, 6.45) is 2.94. The molecule has 0 saturated carbocycles. The van der Waals surface area contributed by atoms with Crippen LogP contribution in [0.25, 0.3) is 10.1 Å². The third-order valence-electron chi connectivity index (χ3n) is 6.35. The highest BCUT2D eigenvalue weighted by Gasteiger charge is 2.33. The zero-order valence-electron chi connectivity index (χ0n) is 18.2. The highest BCUT2D eigenvalue weighted by Crippen LogP contribution is 2.42. The molecule has 0 spiro atoms. The fourth-order valence-corrected chi connectivity index (χ4v) is 9.55. The van der Waals surface area contributed by atoms with Crippen molar-refractivity contribution < 1.29 is 18.0 Å². The zero-order chi connectivity index (χ0) is 24.2. The molecule has 2 atom stereocenters. The summed E-state index contributed by atoms with van der Waals surface area (Å²) >= 11 is 15.5. The Morgan fingerprint density at radius 2 is 1.91 bits per heavy atom. The molecule has 2 N–H and O–H groups in total. The van der Waals surface area contributed by atoms with Crippen LogP contribution in [0.2, 0.25) is 10.0 Å². The lowest BCUT2D eigenvalue weighted by Gasteiger charge is -2.19. The van der Waals surface area contributed by atoms with Crippen molar-refractivity contribution in [2.24, 2.45) is 5.92 Å². The van der Waals surface area contributed by atoms with E-state index >= 15 is 0 Å². The maximum atomic E-state index is 13.3. The summed E-state index contributed by atoms with van der Waals surface area (Å²) in [6, 6.07) is 4.97. The number of sulfone groups is 1. The molecular formula is C23H22Cl2N2O4S3. The van der Waals surface area contributed by atoms with Crippen LogP contribution < -0.4 is 10.6 Å². The number of benzene rings is 1. The molecule has 1 aliphatic carbocycles. The van der Waals surface area contributed by atoms with Crippen molar-refractivity contribution in [1.82, 2.24) is 5.32 Å². The van der Waals surface area contributed by atoms with E-state index in [1.54, 1.807) is 12.1 Å². The predicted octanol–water partition coefficient (Wildman–Crippen LogP) is 5.56. The normalized spacial score (nSPS) is 21.4. The lowest BCUT2D eigenvalue weighted by molar-refractivity contribution is 0.0941. The number of fused-ring (bicyclic) bond motifs is 2. The molecule has 2 unspecified atom stereocenters. The lowest BCUT2D eigenvalue weighted by Crippen LogP contribution is -2.36. The molecule has 3 aromatic rings. The van der Waals surface area contributed by atoms with E-state index in [4.69, 9.17) is 23.2 Å². The number of halogens is 2. The van der Waals surface area contributed by atoms with Gasteiger partial charge in [-0.3, -0.25) is 9.59 Å². The van der Waals surface area contributed by atoms with Crippen molar-refractivity contribution in [3.63, 3.8) is 0 Å². The smallest absolute Gasteiger partial charge is 0.267 e. The Balaban J connectivity index is 1.48. The van der Waals surface area contributed by atoms with Crippen LogP contribution in [0.15, 0.2) is 18.2 Å². The number of carbonyl (C=O) groups excluding carboxylic acids is 2. The van der Waals surface area contributed by atoms with Crippen molar-refractivity contribution in [2.45, 2.75) is 38.6 Å². The number of anilines is 1. The number of hydrogen-bond donors (Lipinski definition) is 2. The molecule has 2 amide bonds. The Bertz CT molecular complexity index is 1430. The first-order chi connectivity index (χ1) is 16.1. The third-order valence-corrected chi connectivity index (χ3v) is 11.2. The quantitative estimate of drug-likeness (QED) is 0.439. The standard InChI is InChI=1S/C23H22Cl2N2O4S3/c1-11-5-6-13-16(9-11)33-23(17(13)21(28)26-12-7-8-34(30,31)10-12)27-22(29)20-19(25)18-14(24)3-2-4-15(18)32-20/h2-4,11-12H,5-10H2,1H3,(H,26,28)(H,27,29). The molecule has 6 nitrogen and oxygen atoms in total. The van der Waals surface area contributed by atoms with E-state index in [-0.39, 0.29) is 17.4 Å². The summed E-state index contributed by atoms with van der Waals surface area (Å²) < 4.78 is 24.5. The highest BCUT2D eigenvalue weighted by atomic mass is 35.5. The summed E-state index contributed by atoms with van der Waals surface area (Å²) in [4.78, 5) is 28.0. The number of nitrogens with one attached hydrogen (secondary N) is 2. The Kier molecular flexibility index (Phi) is 6.44. The average molecular weight is 558 g/mol. The van der Waals surface area contributed by atoms with Crippen LogP contribution in [0, 0.1) is 5.92 Å². The maximum absolute atomic E-state index is 13.3. The minimum absolute atomic E-state index is 0.0536. The van der Waals surface area contributed by atoms with Crippen molar-refractivity contribution in [3.8, 4) is 0 Å². The molecule has 1 saturated heterocycles. The summed E-state index contributed by atoms with van der Waals surface area (Å²) in [7, 11) is -3.13. The third kappa shape index (κ3) is 4.48. The van der Waals surface area contributed by atoms with Gasteiger partial charge < -0.3 is 10.6 Å². The fraction of sp³-hybridized carbons (Fsp3) is 0.391. The number of amides is 2. The molecule has 0 bridgehead atoms. The van der Waals surface area contributed by atoms with Crippen LogP contribution in [-0.2, 0) is 22.7 Å². The van der Waals surface area contributed by atoms with Gasteiger partial charge in [0.25, 0.3) is 11.8 Å². The molecule has 11 heteroatoms. The van der Waals surface area contributed by atoms with Crippen molar-refractivity contribution in [3.05, 3.63) is 49.1 Å².